The van der Waals surface area contributed by atoms with E-state index in [1.165, 1.54) is 54.7 Å². The number of rotatable bonds is 4. The molecule has 0 saturated carbocycles. The van der Waals surface area contributed by atoms with E-state index in [-0.39, 0.29) is 0 Å². The van der Waals surface area contributed by atoms with Crippen molar-refractivity contribution in [3.8, 4) is 33.6 Å². The summed E-state index contributed by atoms with van der Waals surface area (Å²) in [6, 6.07) is 65.5. The van der Waals surface area contributed by atoms with E-state index < -0.39 is 0 Å². The fourth-order valence-corrected chi connectivity index (χ4v) is 8.21. The fourth-order valence-electron chi connectivity index (χ4n) is 8.21. The molecule has 238 valence electrons. The molecule has 3 heterocycles. The van der Waals surface area contributed by atoms with Gasteiger partial charge in [-0.3, -0.25) is 0 Å². The number of benzene rings is 8. The minimum atomic E-state index is 0.900. The van der Waals surface area contributed by atoms with Gasteiger partial charge in [0, 0.05) is 49.3 Å². The van der Waals surface area contributed by atoms with Gasteiger partial charge >= 0.3 is 0 Å². The first kappa shape index (κ1) is 28.0. The smallest absolute Gasteiger partial charge is 0.143 e. The van der Waals surface area contributed by atoms with Crippen LogP contribution in [0.1, 0.15) is 0 Å². The van der Waals surface area contributed by atoms with Gasteiger partial charge in [-0.05, 0) is 77.4 Å². The zero-order valence-corrected chi connectivity index (χ0v) is 27.6. The monoisotopic (exact) mass is 650 g/mol. The Kier molecular flexibility index (Phi) is 5.96. The van der Waals surface area contributed by atoms with Crippen LogP contribution in [0.25, 0.3) is 99.2 Å². The van der Waals surface area contributed by atoms with Crippen molar-refractivity contribution >= 4 is 65.6 Å². The van der Waals surface area contributed by atoms with Crippen molar-refractivity contribution in [1.29, 1.82) is 0 Å². The molecule has 0 bridgehead atoms. The highest BCUT2D eigenvalue weighted by Crippen LogP contribution is 2.42. The van der Waals surface area contributed by atoms with Crippen LogP contribution < -0.4 is 0 Å². The molecule has 3 heteroatoms. The summed E-state index contributed by atoms with van der Waals surface area (Å²) in [4.78, 5) is 0. The Bertz CT molecular complexity index is 3130. The van der Waals surface area contributed by atoms with Gasteiger partial charge in [-0.1, -0.05) is 121 Å². The molecule has 0 fully saturated rings. The third-order valence-electron chi connectivity index (χ3n) is 10.5. The standard InChI is InChI=1S/C48H30N2O/c1-3-13-31(14-4-1)40-29-35(30-42-39-19-9-12-22-47(39)51-48(40)42)50-44-21-11-8-18-37(44)41-27-32(24-26-45(41)50)33-23-25-38-36-17-7-10-20-43(36)49(46(38)28-33)34-15-5-2-6-16-34/h1-30H. The van der Waals surface area contributed by atoms with E-state index in [2.05, 4.69) is 185 Å². The van der Waals surface area contributed by atoms with Gasteiger partial charge in [0.2, 0.25) is 0 Å². The normalized spacial score (nSPS) is 11.9. The summed E-state index contributed by atoms with van der Waals surface area (Å²) in [7, 11) is 0. The molecule has 0 N–H and O–H groups in total. The number of furan rings is 1. The summed E-state index contributed by atoms with van der Waals surface area (Å²) >= 11 is 0. The Morgan fingerprint density at radius 3 is 1.67 bits per heavy atom. The van der Waals surface area contributed by atoms with Gasteiger partial charge in [0.05, 0.1) is 22.1 Å². The molecule has 0 amide bonds. The molecule has 3 nitrogen and oxygen atoms in total. The summed E-state index contributed by atoms with van der Waals surface area (Å²) in [6.45, 7) is 0. The first-order valence-corrected chi connectivity index (χ1v) is 17.4. The SMILES string of the molecule is c1ccc(-c2cc(-n3c4ccccc4c4cc(-c5ccc6c7ccccc7n(-c7ccccc7)c6c5)ccc43)cc3c2oc2ccccc23)cc1. The summed E-state index contributed by atoms with van der Waals surface area (Å²) < 4.78 is 11.3. The molecule has 0 aliphatic heterocycles. The van der Waals surface area contributed by atoms with Crippen molar-refractivity contribution in [2.45, 2.75) is 0 Å². The number of nitrogens with zero attached hydrogens (tertiary/aromatic N) is 2. The van der Waals surface area contributed by atoms with Crippen LogP contribution in [0.3, 0.4) is 0 Å². The molecule has 3 aromatic heterocycles. The zero-order chi connectivity index (χ0) is 33.5. The number of hydrogen-bond acceptors (Lipinski definition) is 1. The van der Waals surface area contributed by atoms with Gasteiger partial charge in [0.15, 0.2) is 0 Å². The number of hydrogen-bond donors (Lipinski definition) is 0. The highest BCUT2D eigenvalue weighted by atomic mass is 16.3. The lowest BCUT2D eigenvalue weighted by atomic mass is 10.0. The van der Waals surface area contributed by atoms with Crippen molar-refractivity contribution in [2.24, 2.45) is 0 Å². The second-order valence-corrected chi connectivity index (χ2v) is 13.3. The van der Waals surface area contributed by atoms with Crippen LogP contribution >= 0.6 is 0 Å². The van der Waals surface area contributed by atoms with Crippen LogP contribution in [0.2, 0.25) is 0 Å². The molecule has 0 saturated heterocycles. The summed E-state index contributed by atoms with van der Waals surface area (Å²) in [6.07, 6.45) is 0. The van der Waals surface area contributed by atoms with Crippen molar-refractivity contribution in [1.82, 2.24) is 9.13 Å². The first-order valence-electron chi connectivity index (χ1n) is 17.4. The summed E-state index contributed by atoms with van der Waals surface area (Å²) in [5, 5.41) is 7.22. The number of aromatic nitrogens is 2. The predicted molar refractivity (Wildman–Crippen MR) is 213 cm³/mol. The van der Waals surface area contributed by atoms with Gasteiger partial charge in [0.1, 0.15) is 11.2 Å². The van der Waals surface area contributed by atoms with Gasteiger partial charge in [-0.2, -0.15) is 0 Å². The van der Waals surface area contributed by atoms with Crippen LogP contribution in [-0.4, -0.2) is 9.13 Å². The fraction of sp³-hybridized carbons (Fsp3) is 0. The van der Waals surface area contributed by atoms with E-state index in [9.17, 15) is 0 Å². The van der Waals surface area contributed by atoms with Crippen LogP contribution in [0, 0.1) is 0 Å². The molecule has 51 heavy (non-hydrogen) atoms. The quantitative estimate of drug-likeness (QED) is 0.186. The molecule has 11 rings (SSSR count). The second kappa shape index (κ2) is 10.8. The largest absolute Gasteiger partial charge is 0.455 e. The molecule has 0 aliphatic rings. The summed E-state index contributed by atoms with van der Waals surface area (Å²) in [5.74, 6) is 0. The van der Waals surface area contributed by atoms with Crippen molar-refractivity contribution < 1.29 is 4.42 Å². The molecule has 0 unspecified atom stereocenters. The van der Waals surface area contributed by atoms with Crippen LogP contribution in [0.5, 0.6) is 0 Å². The lowest BCUT2D eigenvalue weighted by Crippen LogP contribution is -1.95. The second-order valence-electron chi connectivity index (χ2n) is 13.3. The average molecular weight is 651 g/mol. The van der Waals surface area contributed by atoms with Crippen molar-refractivity contribution in [3.63, 3.8) is 0 Å². The maximum atomic E-state index is 6.53. The van der Waals surface area contributed by atoms with E-state index in [0.29, 0.717) is 0 Å². The Morgan fingerprint density at radius 2 is 0.882 bits per heavy atom. The highest BCUT2D eigenvalue weighted by Gasteiger charge is 2.19. The average Bonchev–Trinajstić information content (AvgIpc) is 3.85. The predicted octanol–water partition coefficient (Wildman–Crippen LogP) is 13.1. The van der Waals surface area contributed by atoms with Crippen LogP contribution in [-0.2, 0) is 0 Å². The molecule has 8 aromatic carbocycles. The van der Waals surface area contributed by atoms with Crippen LogP contribution in [0.4, 0.5) is 0 Å². The van der Waals surface area contributed by atoms with Gasteiger partial charge in [-0.15, -0.1) is 0 Å². The Morgan fingerprint density at radius 1 is 0.314 bits per heavy atom. The maximum Gasteiger partial charge on any atom is 0.143 e. The number of para-hydroxylation sites is 4. The molecule has 0 radical (unpaired) electrons. The third kappa shape index (κ3) is 4.19. The maximum absolute atomic E-state index is 6.53. The van der Waals surface area contributed by atoms with Gasteiger partial charge in [0.25, 0.3) is 0 Å². The molecular formula is C48H30N2O. The molecule has 11 aromatic rings. The first-order chi connectivity index (χ1) is 25.3. The van der Waals surface area contributed by atoms with Gasteiger partial charge in [-0.25, -0.2) is 0 Å². The third-order valence-corrected chi connectivity index (χ3v) is 10.5. The molecule has 0 atom stereocenters. The molecule has 0 spiro atoms. The van der Waals surface area contributed by atoms with Gasteiger partial charge < -0.3 is 13.6 Å². The lowest BCUT2D eigenvalue weighted by molar-refractivity contribution is 0.670. The van der Waals surface area contributed by atoms with E-state index in [4.69, 9.17) is 4.42 Å². The topological polar surface area (TPSA) is 23.0 Å². The van der Waals surface area contributed by atoms with E-state index >= 15 is 0 Å². The minimum absolute atomic E-state index is 0.900. The lowest BCUT2D eigenvalue weighted by Gasteiger charge is -2.12. The van der Waals surface area contributed by atoms with E-state index in [0.717, 1.165) is 44.4 Å². The zero-order valence-electron chi connectivity index (χ0n) is 27.6. The van der Waals surface area contributed by atoms with E-state index in [1.807, 2.05) is 6.07 Å². The number of fused-ring (bicyclic) bond motifs is 9. The van der Waals surface area contributed by atoms with Crippen LogP contribution in [0.15, 0.2) is 186 Å². The van der Waals surface area contributed by atoms with Crippen molar-refractivity contribution in [2.75, 3.05) is 0 Å². The minimum Gasteiger partial charge on any atom is -0.455 e. The molecule has 0 aliphatic carbocycles. The Hall–Kier alpha value is -6.84. The highest BCUT2D eigenvalue weighted by molar-refractivity contribution is 6.14. The Labute approximate surface area is 293 Å². The summed E-state index contributed by atoms with van der Waals surface area (Å²) in [5.41, 5.74) is 13.5. The molecular weight excluding hydrogens is 621 g/mol. The Balaban J connectivity index is 1.15. The van der Waals surface area contributed by atoms with Crippen molar-refractivity contribution in [3.05, 3.63) is 182 Å². The van der Waals surface area contributed by atoms with E-state index in [1.54, 1.807) is 0 Å².